The maximum Gasteiger partial charge on any atom is 0.620 e. The highest BCUT2D eigenvalue weighted by Gasteiger charge is 2.34. The molecule has 0 unspecified atom stereocenters. The molecule has 4 heteroatoms. The standard InChI is InChI=1S/C4H7F3Si/c1-2-3-4-8(5,6)7/h2-3H,4H2,1H3/b3-2+. The van der Waals surface area contributed by atoms with Crippen LogP contribution in [-0.2, 0) is 0 Å². The van der Waals surface area contributed by atoms with Crippen molar-refractivity contribution in [1.29, 1.82) is 0 Å². The predicted octanol–water partition coefficient (Wildman–Crippen LogP) is 2.41. The van der Waals surface area contributed by atoms with Crippen molar-refractivity contribution in [2.75, 3.05) is 0 Å². The second-order valence-electron chi connectivity index (χ2n) is 1.39. The van der Waals surface area contributed by atoms with Gasteiger partial charge < -0.3 is 0 Å². The molecule has 0 aliphatic rings. The summed E-state index contributed by atoms with van der Waals surface area (Å²) in [5, 5.41) is 0. The molecule has 0 saturated heterocycles. The second-order valence-corrected chi connectivity index (χ2v) is 3.03. The van der Waals surface area contributed by atoms with Crippen LogP contribution >= 0.6 is 0 Å². The Bertz CT molecular complexity index is 83.8. The molecule has 0 aromatic heterocycles. The fourth-order valence-electron chi connectivity index (χ4n) is 0.251. The molecule has 0 saturated carbocycles. The van der Waals surface area contributed by atoms with Gasteiger partial charge in [-0.05, 0) is 6.92 Å². The lowest BCUT2D eigenvalue weighted by molar-refractivity contribution is 0.478. The van der Waals surface area contributed by atoms with Crippen LogP contribution in [0, 0.1) is 0 Å². The molecule has 0 bridgehead atoms. The normalized spacial score (nSPS) is 13.0. The van der Waals surface area contributed by atoms with E-state index in [2.05, 4.69) is 0 Å². The maximum absolute atomic E-state index is 11.3. The molecule has 0 nitrogen and oxygen atoms in total. The molecule has 0 rings (SSSR count). The van der Waals surface area contributed by atoms with E-state index in [1.54, 1.807) is 6.92 Å². The molecule has 0 aromatic rings. The van der Waals surface area contributed by atoms with Crippen LogP contribution in [0.15, 0.2) is 12.2 Å². The second kappa shape index (κ2) is 2.91. The summed E-state index contributed by atoms with van der Waals surface area (Å²) in [5.41, 5.74) is 0. The lowest BCUT2D eigenvalue weighted by Crippen LogP contribution is -2.11. The number of hydrogen-bond donors (Lipinski definition) is 0. The Kier molecular flexibility index (Phi) is 2.82. The maximum atomic E-state index is 11.3. The zero-order valence-corrected chi connectivity index (χ0v) is 5.50. The lowest BCUT2D eigenvalue weighted by atomic mass is 10.6. The van der Waals surface area contributed by atoms with Crippen molar-refractivity contribution < 1.29 is 12.3 Å². The SMILES string of the molecule is C/C=C/C[Si](F)(F)F. The van der Waals surface area contributed by atoms with Gasteiger partial charge in [-0.15, -0.1) is 0 Å². The third kappa shape index (κ3) is 5.75. The van der Waals surface area contributed by atoms with E-state index in [9.17, 15) is 12.3 Å². The van der Waals surface area contributed by atoms with Crippen molar-refractivity contribution >= 4 is 9.08 Å². The number of allylic oxidation sites excluding steroid dienone is 2. The Morgan fingerprint density at radius 2 is 1.88 bits per heavy atom. The number of rotatable bonds is 2. The molecule has 0 radical (unpaired) electrons. The molecular formula is C4H7F3Si. The van der Waals surface area contributed by atoms with Crippen LogP contribution < -0.4 is 0 Å². The van der Waals surface area contributed by atoms with Crippen molar-refractivity contribution in [3.63, 3.8) is 0 Å². The minimum absolute atomic E-state index is 0.677. The summed E-state index contributed by atoms with van der Waals surface area (Å²) < 4.78 is 34.0. The number of halogens is 3. The Labute approximate surface area is 47.5 Å². The van der Waals surface area contributed by atoms with Crippen LogP contribution in [0.5, 0.6) is 0 Å². The monoisotopic (exact) mass is 140 g/mol. The number of hydrogen-bond acceptors (Lipinski definition) is 0. The zero-order valence-electron chi connectivity index (χ0n) is 4.50. The van der Waals surface area contributed by atoms with Crippen molar-refractivity contribution in [2.24, 2.45) is 0 Å². The highest BCUT2D eigenvalue weighted by Crippen LogP contribution is 2.14. The lowest BCUT2D eigenvalue weighted by Gasteiger charge is -1.93. The molecule has 0 atom stereocenters. The van der Waals surface area contributed by atoms with Crippen molar-refractivity contribution in [2.45, 2.75) is 13.0 Å². The molecule has 0 aromatic carbocycles. The Morgan fingerprint density at radius 3 is 2.00 bits per heavy atom. The van der Waals surface area contributed by atoms with Gasteiger partial charge in [0.1, 0.15) is 0 Å². The summed E-state index contributed by atoms with van der Waals surface area (Å²) in [6.45, 7) is 1.58. The quantitative estimate of drug-likeness (QED) is 0.314. The summed E-state index contributed by atoms with van der Waals surface area (Å²) in [5.74, 6) is 0. The van der Waals surface area contributed by atoms with Crippen molar-refractivity contribution in [1.82, 2.24) is 0 Å². The van der Waals surface area contributed by atoms with Crippen LogP contribution in [0.1, 0.15) is 6.92 Å². The van der Waals surface area contributed by atoms with E-state index in [4.69, 9.17) is 0 Å². The van der Waals surface area contributed by atoms with Crippen LogP contribution in [-0.4, -0.2) is 9.08 Å². The van der Waals surface area contributed by atoms with Gasteiger partial charge in [0.15, 0.2) is 0 Å². The molecule has 0 heterocycles. The summed E-state index contributed by atoms with van der Waals surface area (Å²) in [7, 11) is -5.26. The van der Waals surface area contributed by atoms with Crippen molar-refractivity contribution in [3.8, 4) is 0 Å². The first-order valence-corrected chi connectivity index (χ1v) is 4.08. The molecule has 0 aliphatic carbocycles. The zero-order chi connectivity index (χ0) is 6.62. The fraction of sp³-hybridized carbons (Fsp3) is 0.500. The van der Waals surface area contributed by atoms with E-state index in [0.29, 0.717) is 0 Å². The molecule has 0 amide bonds. The Morgan fingerprint density at radius 1 is 1.38 bits per heavy atom. The van der Waals surface area contributed by atoms with E-state index < -0.39 is 15.1 Å². The Hall–Kier alpha value is -0.253. The Balaban J connectivity index is 3.39. The summed E-state index contributed by atoms with van der Waals surface area (Å²) in [6.07, 6.45) is 2.56. The van der Waals surface area contributed by atoms with Crippen LogP contribution in [0.3, 0.4) is 0 Å². The summed E-state index contributed by atoms with van der Waals surface area (Å²) in [4.78, 5) is 0. The predicted molar refractivity (Wildman–Crippen MR) is 28.7 cm³/mol. The molecule has 0 aliphatic heterocycles. The van der Waals surface area contributed by atoms with Gasteiger partial charge in [0.05, 0.1) is 0 Å². The minimum atomic E-state index is -5.26. The fourth-order valence-corrected chi connectivity index (χ4v) is 0.754. The first-order chi connectivity index (χ1) is 3.56. The van der Waals surface area contributed by atoms with Gasteiger partial charge in [0.25, 0.3) is 0 Å². The van der Waals surface area contributed by atoms with Crippen LogP contribution in [0.25, 0.3) is 0 Å². The summed E-state index contributed by atoms with van der Waals surface area (Å²) >= 11 is 0. The highest BCUT2D eigenvalue weighted by molar-refractivity contribution is 6.58. The van der Waals surface area contributed by atoms with Gasteiger partial charge in [-0.2, -0.15) is 0 Å². The van der Waals surface area contributed by atoms with Crippen LogP contribution in [0.2, 0.25) is 6.04 Å². The smallest absolute Gasteiger partial charge is 0.237 e. The molecule has 0 N–H and O–H groups in total. The molecule has 48 valence electrons. The first kappa shape index (κ1) is 7.75. The highest BCUT2D eigenvalue weighted by atomic mass is 28.5. The van der Waals surface area contributed by atoms with Gasteiger partial charge in [-0.3, -0.25) is 0 Å². The van der Waals surface area contributed by atoms with Crippen molar-refractivity contribution in [3.05, 3.63) is 12.2 Å². The van der Waals surface area contributed by atoms with E-state index >= 15 is 0 Å². The van der Waals surface area contributed by atoms with E-state index in [-0.39, 0.29) is 0 Å². The van der Waals surface area contributed by atoms with Gasteiger partial charge in [-0.1, -0.05) is 12.2 Å². The molecular weight excluding hydrogens is 133 g/mol. The minimum Gasteiger partial charge on any atom is -0.237 e. The largest absolute Gasteiger partial charge is 0.620 e. The van der Waals surface area contributed by atoms with E-state index in [1.165, 1.54) is 6.08 Å². The third-order valence-electron chi connectivity index (χ3n) is 0.585. The van der Waals surface area contributed by atoms with E-state index in [0.717, 1.165) is 6.08 Å². The average Bonchev–Trinajstić information content (AvgIpc) is 1.59. The van der Waals surface area contributed by atoms with Crippen LogP contribution in [0.4, 0.5) is 12.3 Å². The van der Waals surface area contributed by atoms with Gasteiger partial charge in [0, 0.05) is 6.04 Å². The van der Waals surface area contributed by atoms with Gasteiger partial charge in [-0.25, -0.2) is 12.3 Å². The topological polar surface area (TPSA) is 0 Å². The third-order valence-corrected chi connectivity index (χ3v) is 1.28. The van der Waals surface area contributed by atoms with E-state index in [1.807, 2.05) is 0 Å². The average molecular weight is 140 g/mol. The summed E-state index contributed by atoms with van der Waals surface area (Å²) in [6, 6.07) is -0.677. The van der Waals surface area contributed by atoms with Gasteiger partial charge >= 0.3 is 9.08 Å². The molecule has 0 fully saturated rings. The molecule has 8 heavy (non-hydrogen) atoms. The van der Waals surface area contributed by atoms with Gasteiger partial charge in [0.2, 0.25) is 0 Å². The molecule has 0 spiro atoms. The first-order valence-electron chi connectivity index (χ1n) is 2.24.